The van der Waals surface area contributed by atoms with Crippen LogP contribution in [0.15, 0.2) is 0 Å². The average Bonchev–Trinajstić information content (AvgIpc) is 1.84. The van der Waals surface area contributed by atoms with E-state index in [0.29, 0.717) is 17.6 Å². The topological polar surface area (TPSA) is 0 Å². The zero-order valence-corrected chi connectivity index (χ0v) is 10.2. The van der Waals surface area contributed by atoms with E-state index in [9.17, 15) is 0 Å². The summed E-state index contributed by atoms with van der Waals surface area (Å²) in [5.41, 5.74) is 0. The minimum Gasteiger partial charge on any atom is -0.127 e. The highest BCUT2D eigenvalue weighted by Crippen LogP contribution is 2.64. The lowest BCUT2D eigenvalue weighted by Crippen LogP contribution is -2.05. The van der Waals surface area contributed by atoms with Crippen molar-refractivity contribution in [1.82, 2.24) is 0 Å². The number of hydrogen-bond donors (Lipinski definition) is 0. The Kier molecular flexibility index (Phi) is 6.87. The normalized spacial score (nSPS) is 16.5. The SMILES string of the molecule is CCC(CCCl)CS(Cl)(Cl)Cl. The van der Waals surface area contributed by atoms with Crippen LogP contribution < -0.4 is 0 Å². The molecule has 5 heteroatoms. The van der Waals surface area contributed by atoms with Crippen LogP contribution in [0.5, 0.6) is 0 Å². The molecule has 0 radical (unpaired) electrons. The fraction of sp³-hybridized carbons (Fsp3) is 1.00. The summed E-state index contributed by atoms with van der Waals surface area (Å²) in [5, 5.41) is 0. The molecule has 1 atom stereocenters. The van der Waals surface area contributed by atoms with Gasteiger partial charge in [-0.3, -0.25) is 0 Å². The summed E-state index contributed by atoms with van der Waals surface area (Å²) in [6.45, 7) is 2.09. The van der Waals surface area contributed by atoms with Crippen LogP contribution in [0.1, 0.15) is 19.8 Å². The van der Waals surface area contributed by atoms with Crippen LogP contribution in [0.25, 0.3) is 0 Å². The van der Waals surface area contributed by atoms with Gasteiger partial charge in [-0.1, -0.05) is 13.3 Å². The van der Waals surface area contributed by atoms with E-state index in [1.807, 2.05) is 0 Å². The van der Waals surface area contributed by atoms with Crippen LogP contribution >= 0.6 is 51.3 Å². The highest BCUT2D eigenvalue weighted by Gasteiger charge is 2.19. The Balaban J connectivity index is 3.68. The lowest BCUT2D eigenvalue weighted by Gasteiger charge is -2.21. The van der Waals surface area contributed by atoms with Crippen LogP contribution in [0.4, 0.5) is 0 Å². The smallest absolute Gasteiger partial charge is 0.0226 e. The highest BCUT2D eigenvalue weighted by atomic mass is 36.2. The molecule has 11 heavy (non-hydrogen) atoms. The third kappa shape index (κ3) is 7.86. The summed E-state index contributed by atoms with van der Waals surface area (Å²) in [7, 11) is 15.2. The van der Waals surface area contributed by atoms with Crippen molar-refractivity contribution < 1.29 is 0 Å². The van der Waals surface area contributed by atoms with Gasteiger partial charge in [0.1, 0.15) is 0 Å². The second kappa shape index (κ2) is 6.04. The Morgan fingerprint density at radius 2 is 1.82 bits per heavy atom. The molecule has 0 heterocycles. The first-order valence-corrected chi connectivity index (χ1v) is 8.27. The van der Waals surface area contributed by atoms with Crippen molar-refractivity contribution in [2.24, 2.45) is 5.92 Å². The molecule has 0 saturated carbocycles. The van der Waals surface area contributed by atoms with Gasteiger partial charge < -0.3 is 0 Å². The summed E-state index contributed by atoms with van der Waals surface area (Å²) in [6, 6.07) is 0. The van der Waals surface area contributed by atoms with Gasteiger partial charge in [-0.15, -0.1) is 11.6 Å². The number of hydrogen-bond acceptors (Lipinski definition) is 0. The maximum atomic E-state index is 5.71. The van der Waals surface area contributed by atoms with Crippen LogP contribution in [0.2, 0.25) is 0 Å². The van der Waals surface area contributed by atoms with E-state index in [2.05, 4.69) is 6.92 Å². The average molecular weight is 258 g/mol. The molecule has 0 aromatic rings. The second-order valence-electron chi connectivity index (χ2n) is 2.42. The molecule has 0 aromatic heterocycles. The fourth-order valence-electron chi connectivity index (χ4n) is 0.827. The van der Waals surface area contributed by atoms with Crippen molar-refractivity contribution in [3.8, 4) is 0 Å². The number of alkyl halides is 1. The molecule has 0 bridgehead atoms. The van der Waals surface area contributed by atoms with Gasteiger partial charge in [0.25, 0.3) is 0 Å². The third-order valence-corrected chi connectivity index (χ3v) is 3.72. The maximum Gasteiger partial charge on any atom is 0.0226 e. The Morgan fingerprint density at radius 3 is 2.09 bits per heavy atom. The van der Waals surface area contributed by atoms with Gasteiger partial charge in [-0.2, -0.15) is 0 Å². The van der Waals surface area contributed by atoms with Crippen LogP contribution in [-0.4, -0.2) is 11.6 Å². The van der Waals surface area contributed by atoms with Crippen LogP contribution in [-0.2, 0) is 0 Å². The summed E-state index contributed by atoms with van der Waals surface area (Å²) >= 11 is 5.58. The van der Waals surface area contributed by atoms with Crippen molar-refractivity contribution in [3.05, 3.63) is 0 Å². The lowest BCUT2D eigenvalue weighted by atomic mass is 10.1. The van der Waals surface area contributed by atoms with Gasteiger partial charge >= 0.3 is 0 Å². The quantitative estimate of drug-likeness (QED) is 0.614. The van der Waals surface area contributed by atoms with Gasteiger partial charge in [0.05, 0.1) is 0 Å². The summed E-state index contributed by atoms with van der Waals surface area (Å²) < 4.78 is 0. The monoisotopic (exact) mass is 256 g/mol. The van der Waals surface area contributed by atoms with Crippen molar-refractivity contribution in [2.75, 3.05) is 11.6 Å². The molecule has 0 saturated heterocycles. The van der Waals surface area contributed by atoms with Crippen molar-refractivity contribution >= 4 is 51.3 Å². The number of halogens is 4. The molecule has 0 rings (SSSR count). The predicted octanol–water partition coefficient (Wildman–Crippen LogP) is 4.91. The molecule has 0 nitrogen and oxygen atoms in total. The second-order valence-corrected chi connectivity index (χ2v) is 10.3. The van der Waals surface area contributed by atoms with Crippen molar-refractivity contribution in [1.29, 1.82) is 0 Å². The van der Waals surface area contributed by atoms with Crippen LogP contribution in [0, 0.1) is 5.92 Å². The summed E-state index contributed by atoms with van der Waals surface area (Å²) in [5.74, 6) is 1.80. The minimum absolute atomic E-state index is 0.468. The molecular weight excluding hydrogens is 246 g/mol. The fourth-order valence-corrected chi connectivity index (χ4v) is 3.68. The van der Waals surface area contributed by atoms with Gasteiger partial charge in [-0.25, -0.2) is 0 Å². The first kappa shape index (κ1) is 12.5. The largest absolute Gasteiger partial charge is 0.127 e. The maximum absolute atomic E-state index is 5.71. The van der Waals surface area contributed by atoms with Crippen molar-refractivity contribution in [2.45, 2.75) is 19.8 Å². The van der Waals surface area contributed by atoms with Crippen LogP contribution in [0.3, 0.4) is 0 Å². The first-order chi connectivity index (χ1) is 4.99. The molecule has 1 unspecified atom stereocenters. The van der Waals surface area contributed by atoms with E-state index in [4.69, 9.17) is 43.6 Å². The molecular formula is C6H12Cl4S. The van der Waals surface area contributed by atoms with Crippen molar-refractivity contribution in [3.63, 3.8) is 0 Å². The molecule has 70 valence electrons. The van der Waals surface area contributed by atoms with Gasteiger partial charge in [0.15, 0.2) is 0 Å². The molecule has 0 fully saturated rings. The molecule has 0 N–H and O–H groups in total. The summed E-state index contributed by atoms with van der Waals surface area (Å²) in [6.07, 6.45) is 1.98. The highest BCUT2D eigenvalue weighted by molar-refractivity contribution is 8.79. The standard InChI is InChI=1S/C6H12Cl4S/c1-2-6(3-4-7)5-11(8,9)10/h6H,2-5H2,1H3. The Labute approximate surface area is 88.3 Å². The van der Waals surface area contributed by atoms with E-state index in [1.165, 1.54) is 0 Å². The zero-order valence-electron chi connectivity index (χ0n) is 6.33. The molecule has 0 aliphatic heterocycles. The lowest BCUT2D eigenvalue weighted by molar-refractivity contribution is 0.557. The molecule has 0 aliphatic carbocycles. The zero-order chi connectivity index (χ0) is 8.91. The molecule has 0 aliphatic rings. The number of rotatable bonds is 5. The van der Waals surface area contributed by atoms with E-state index < -0.39 is 7.67 Å². The van der Waals surface area contributed by atoms with E-state index in [-0.39, 0.29) is 0 Å². The molecule has 0 aromatic carbocycles. The van der Waals surface area contributed by atoms with Gasteiger partial charge in [0.2, 0.25) is 0 Å². The summed E-state index contributed by atoms with van der Waals surface area (Å²) in [4.78, 5) is 0. The first-order valence-electron chi connectivity index (χ1n) is 3.45. The predicted molar refractivity (Wildman–Crippen MR) is 59.1 cm³/mol. The van der Waals surface area contributed by atoms with Gasteiger partial charge in [0, 0.05) is 11.6 Å². The van der Waals surface area contributed by atoms with E-state index in [0.717, 1.165) is 12.8 Å². The molecule has 0 spiro atoms. The Bertz CT molecular complexity index is 101. The van der Waals surface area contributed by atoms with Gasteiger partial charge in [-0.05, 0) is 52.1 Å². The Hall–Kier alpha value is 1.51. The third-order valence-electron chi connectivity index (χ3n) is 1.52. The minimum atomic E-state index is -1.90. The van der Waals surface area contributed by atoms with E-state index in [1.54, 1.807) is 0 Å². The Morgan fingerprint density at radius 1 is 1.27 bits per heavy atom. The molecule has 0 amide bonds. The van der Waals surface area contributed by atoms with E-state index >= 15 is 0 Å².